The molecule has 17 nitrogen and oxygen atoms in total. The summed E-state index contributed by atoms with van der Waals surface area (Å²) in [4.78, 5) is 42.7. The first-order valence-corrected chi connectivity index (χ1v) is 32.1. The number of carbonyl (C=O) groups excluding carboxylic acids is 1. The van der Waals surface area contributed by atoms with Crippen LogP contribution in [0.3, 0.4) is 0 Å². The highest BCUT2D eigenvalue weighted by Gasteiger charge is 2.45. The summed E-state index contributed by atoms with van der Waals surface area (Å²) in [5, 5.41) is 9.42. The monoisotopic (exact) mass is 1180 g/mol. The molecule has 0 saturated carbocycles. The second-order valence-corrected chi connectivity index (χ2v) is 27.1. The van der Waals surface area contributed by atoms with E-state index in [1.54, 1.807) is 0 Å². The van der Waals surface area contributed by atoms with Gasteiger partial charge in [-0.25, -0.2) is 33.1 Å². The second-order valence-electron chi connectivity index (χ2n) is 22.2. The van der Waals surface area contributed by atoms with E-state index in [1.165, 1.54) is 31.4 Å². The van der Waals surface area contributed by atoms with Crippen LogP contribution in [-0.2, 0) is 48.4 Å². The Morgan fingerprint density at radius 3 is 1.29 bits per heavy atom. The Hall–Kier alpha value is -6.36. The molecule has 448 valence electrons. The lowest BCUT2D eigenvalue weighted by Gasteiger charge is -2.32. The van der Waals surface area contributed by atoms with Crippen LogP contribution in [0.5, 0.6) is 0 Å². The number of nitrogens with two attached hydrogens (primary N) is 1. The number of amides is 1. The SMILES string of the molecule is CN(C)c1ccc(C#Cc2ccc(C3=CCN(CCC(C)(C(=O)NOC4CCCCO4)S(C)(=O)=O)CC3)cc2)cc1.CN(C)c1ccc(C#Cc2ccc(C3=CCN(CCC(C)(C(=O)O)S(C)(=O)=O)CC3)cc2)cc1.NOC1CCCCO1. The summed E-state index contributed by atoms with van der Waals surface area (Å²) in [6.45, 7) is 7.92. The van der Waals surface area contributed by atoms with Crippen LogP contribution in [-0.4, -0.2) is 159 Å². The summed E-state index contributed by atoms with van der Waals surface area (Å²) in [5.74, 6) is 15.8. The van der Waals surface area contributed by atoms with E-state index in [4.69, 9.17) is 20.2 Å². The molecule has 4 N–H and O–H groups in total. The van der Waals surface area contributed by atoms with Gasteiger partial charge in [-0.1, -0.05) is 60.1 Å². The van der Waals surface area contributed by atoms with Crippen LogP contribution in [0.2, 0.25) is 0 Å². The topological polar surface area (TPSA) is 211 Å². The molecule has 4 aromatic carbocycles. The molecule has 4 heterocycles. The lowest BCUT2D eigenvalue weighted by Crippen LogP contribution is -2.52. The van der Waals surface area contributed by atoms with Crippen molar-refractivity contribution in [2.24, 2.45) is 5.90 Å². The number of hydroxylamine groups is 1. The normalized spacial score (nSPS) is 19.0. The van der Waals surface area contributed by atoms with Crippen molar-refractivity contribution in [3.63, 3.8) is 0 Å². The van der Waals surface area contributed by atoms with Crippen LogP contribution < -0.4 is 21.2 Å². The fourth-order valence-electron chi connectivity index (χ4n) is 9.37. The third-order valence-electron chi connectivity index (χ3n) is 15.7. The van der Waals surface area contributed by atoms with E-state index >= 15 is 0 Å². The summed E-state index contributed by atoms with van der Waals surface area (Å²) < 4.78 is 56.5. The summed E-state index contributed by atoms with van der Waals surface area (Å²) in [5.41, 5.74) is 13.3. The number of carboxylic acids is 1. The Labute approximate surface area is 492 Å². The molecule has 8 rings (SSSR count). The van der Waals surface area contributed by atoms with E-state index in [1.807, 2.05) is 76.7 Å². The molecule has 2 saturated heterocycles. The molecule has 4 atom stereocenters. The van der Waals surface area contributed by atoms with Crippen LogP contribution in [0.25, 0.3) is 11.1 Å². The number of hydrogen-bond acceptors (Lipinski definition) is 15. The van der Waals surface area contributed by atoms with Crippen molar-refractivity contribution in [2.75, 3.05) is 103 Å². The molecule has 4 aliphatic heterocycles. The zero-order valence-corrected chi connectivity index (χ0v) is 51.1. The Bertz CT molecular complexity index is 3190. The number of aliphatic carboxylic acids is 1. The number of nitrogens with one attached hydrogen (secondary N) is 1. The van der Waals surface area contributed by atoms with Crippen LogP contribution in [0.1, 0.15) is 111 Å². The van der Waals surface area contributed by atoms with Gasteiger partial charge in [-0.2, -0.15) is 0 Å². The van der Waals surface area contributed by atoms with Crippen LogP contribution in [0.15, 0.2) is 109 Å². The van der Waals surface area contributed by atoms with Gasteiger partial charge in [0.05, 0.1) is 0 Å². The first-order chi connectivity index (χ1) is 39.5. The third kappa shape index (κ3) is 19.6. The molecule has 4 aromatic rings. The predicted molar refractivity (Wildman–Crippen MR) is 329 cm³/mol. The molecular formula is C64H84N6O11S2. The smallest absolute Gasteiger partial charge is 0.324 e. The van der Waals surface area contributed by atoms with E-state index in [0.29, 0.717) is 39.2 Å². The summed E-state index contributed by atoms with van der Waals surface area (Å²) in [6.07, 6.45) is 13.4. The number of nitrogens with zero attached hydrogens (tertiary/aromatic N) is 4. The molecule has 1 amide bonds. The molecule has 19 heteroatoms. The van der Waals surface area contributed by atoms with Crippen molar-refractivity contribution in [1.29, 1.82) is 0 Å². The number of ether oxygens (including phenoxy) is 2. The van der Waals surface area contributed by atoms with Gasteiger partial charge >= 0.3 is 5.97 Å². The predicted octanol–water partition coefficient (Wildman–Crippen LogP) is 7.93. The highest BCUT2D eigenvalue weighted by atomic mass is 32.2. The molecule has 2 fully saturated rings. The quantitative estimate of drug-likeness (QED) is 0.0677. The standard InChI is InChI=1S/C32H41N3O5S.C27H32N2O4S.C5H11NO2/c1-32(41(4,37)38,31(36)33-40-30-7-5-6-24-39-30)20-23-35-21-18-28(19-22-35)27-14-10-25(11-15-27)8-9-26-12-16-29(17-13-26)34(2)3;1-27(26(30)31,34(4,32)33)17-20-29-18-15-24(16-19-29)23-11-7-21(8-12-23)5-6-22-9-13-25(14-10-22)28(2)3;6-8-5-3-1-2-4-7-5/h10-18,30H,5-7,19-24H2,1-4H3,(H,33,36);7-15H,16-20H2,1-4H3,(H,30,31);5H,1-4,6H2. The van der Waals surface area contributed by atoms with Gasteiger partial charge in [-0.05, 0) is 160 Å². The van der Waals surface area contributed by atoms with E-state index in [0.717, 1.165) is 115 Å². The van der Waals surface area contributed by atoms with Gasteiger partial charge in [0, 0.05) is 140 Å². The van der Waals surface area contributed by atoms with E-state index < -0.39 is 47.3 Å². The maximum atomic E-state index is 12.9. The fourth-order valence-corrected chi connectivity index (χ4v) is 11.0. The van der Waals surface area contributed by atoms with Crippen LogP contribution in [0, 0.1) is 23.7 Å². The number of sulfone groups is 2. The molecule has 0 spiro atoms. The number of benzene rings is 4. The van der Waals surface area contributed by atoms with E-state index in [9.17, 15) is 31.5 Å². The second kappa shape index (κ2) is 31.0. The number of carboxylic acid groups (broad SMARTS) is 1. The molecular weight excluding hydrogens is 1090 g/mol. The number of carbonyl (C=O) groups is 2. The molecule has 83 heavy (non-hydrogen) atoms. The molecule has 4 aliphatic rings. The Balaban J connectivity index is 0.000000237. The molecule has 0 aliphatic carbocycles. The van der Waals surface area contributed by atoms with Gasteiger partial charge in [-0.3, -0.25) is 24.2 Å². The largest absolute Gasteiger partial charge is 0.480 e. The zero-order valence-electron chi connectivity index (χ0n) is 49.5. The minimum absolute atomic E-state index is 0.0651. The van der Waals surface area contributed by atoms with Gasteiger partial charge in [0.25, 0.3) is 5.91 Å². The van der Waals surface area contributed by atoms with Crippen molar-refractivity contribution < 1.29 is 50.7 Å². The van der Waals surface area contributed by atoms with Gasteiger partial charge in [0.15, 0.2) is 41.7 Å². The van der Waals surface area contributed by atoms with Gasteiger partial charge in [-0.15, -0.1) is 0 Å². The van der Waals surface area contributed by atoms with Crippen LogP contribution in [0.4, 0.5) is 11.4 Å². The average Bonchev–Trinajstić information content (AvgIpc) is 3.68. The lowest BCUT2D eigenvalue weighted by molar-refractivity contribution is -0.201. The van der Waals surface area contributed by atoms with Gasteiger partial charge in [0.1, 0.15) is 0 Å². The Morgan fingerprint density at radius 1 is 0.614 bits per heavy atom. The van der Waals surface area contributed by atoms with Crippen molar-refractivity contribution >= 4 is 54.1 Å². The van der Waals surface area contributed by atoms with Crippen molar-refractivity contribution in [1.82, 2.24) is 15.3 Å². The number of rotatable bonds is 17. The Kier molecular flexibility index (Phi) is 24.6. The van der Waals surface area contributed by atoms with Gasteiger partial charge < -0.3 is 24.4 Å². The van der Waals surface area contributed by atoms with Gasteiger partial charge in [0.2, 0.25) is 0 Å². The van der Waals surface area contributed by atoms with E-state index in [-0.39, 0.29) is 19.1 Å². The maximum Gasteiger partial charge on any atom is 0.324 e. The highest BCUT2D eigenvalue weighted by Crippen LogP contribution is 2.29. The maximum absolute atomic E-state index is 12.9. The van der Waals surface area contributed by atoms with E-state index in [2.05, 4.69) is 114 Å². The number of anilines is 2. The molecule has 4 unspecified atom stereocenters. The third-order valence-corrected chi connectivity index (χ3v) is 19.7. The lowest BCUT2D eigenvalue weighted by atomic mass is 9.97. The zero-order chi connectivity index (χ0) is 60.2. The minimum atomic E-state index is -3.71. The summed E-state index contributed by atoms with van der Waals surface area (Å²) >= 11 is 0. The summed E-state index contributed by atoms with van der Waals surface area (Å²) in [7, 11) is 0.655. The summed E-state index contributed by atoms with van der Waals surface area (Å²) in [6, 6.07) is 32.8. The first-order valence-electron chi connectivity index (χ1n) is 28.3. The fraction of sp³-hybridized carbons (Fsp3) is 0.469. The first kappa shape index (κ1) is 65.8. The molecule has 0 radical (unpaired) electrons. The Morgan fingerprint density at radius 2 is 0.988 bits per heavy atom. The van der Waals surface area contributed by atoms with Crippen LogP contribution >= 0.6 is 0 Å². The highest BCUT2D eigenvalue weighted by molar-refractivity contribution is 7.93. The average molecular weight is 1180 g/mol. The van der Waals surface area contributed by atoms with Crippen molar-refractivity contribution in [3.8, 4) is 23.7 Å². The number of hydrogen-bond donors (Lipinski definition) is 3. The van der Waals surface area contributed by atoms with Crippen molar-refractivity contribution in [2.45, 2.75) is 100 Å². The molecule has 0 aromatic heterocycles. The molecule has 0 bridgehead atoms. The minimum Gasteiger partial charge on any atom is -0.480 e. The van der Waals surface area contributed by atoms with Crippen molar-refractivity contribution in [3.05, 3.63) is 143 Å².